The van der Waals surface area contributed by atoms with Crippen LogP contribution < -0.4 is 40.2 Å². The second-order valence-corrected chi connectivity index (χ2v) is 17.4. The molecule has 66 heavy (non-hydrogen) atoms. The number of amides is 5. The number of hydrogen-bond donors (Lipinski definition) is 4. The number of carbonyl (C=O) groups is 5. The largest absolute Gasteiger partial charge is 0.493 e. The van der Waals surface area contributed by atoms with Gasteiger partial charge < -0.3 is 55.0 Å². The van der Waals surface area contributed by atoms with Gasteiger partial charge in [0.15, 0.2) is 29.2 Å². The summed E-state index contributed by atoms with van der Waals surface area (Å²) in [4.78, 5) is 75.8. The zero-order valence-corrected chi connectivity index (χ0v) is 38.5. The van der Waals surface area contributed by atoms with E-state index in [4.69, 9.17) is 29.4 Å². The van der Waals surface area contributed by atoms with E-state index < -0.39 is 60.4 Å². The molecule has 0 aliphatic carbocycles. The van der Waals surface area contributed by atoms with Gasteiger partial charge in [-0.05, 0) is 83.2 Å². The number of anilines is 2. The normalized spacial score (nSPS) is 20.3. The van der Waals surface area contributed by atoms with Crippen LogP contribution in [0.4, 0.5) is 21.9 Å². The lowest BCUT2D eigenvalue weighted by molar-refractivity contribution is -0.127. The average Bonchev–Trinajstić information content (AvgIpc) is 3.83. The maximum absolute atomic E-state index is 14.2. The summed E-state index contributed by atoms with van der Waals surface area (Å²) in [6, 6.07) is 10.2. The number of ether oxygens (including phenoxy) is 5. The fourth-order valence-electron chi connectivity index (χ4n) is 8.06. The minimum Gasteiger partial charge on any atom is -0.493 e. The Hall–Kier alpha value is -6.92. The third-order valence-electron chi connectivity index (χ3n) is 12.1. The van der Waals surface area contributed by atoms with Crippen LogP contribution in [0.15, 0.2) is 77.1 Å². The highest BCUT2D eigenvalue weighted by atomic mass is 16.6. The highest BCUT2D eigenvalue weighted by molar-refractivity contribution is 6.07. The minimum absolute atomic E-state index is 0.0311. The van der Waals surface area contributed by atoms with Crippen molar-refractivity contribution >= 4 is 53.0 Å². The second-order valence-electron chi connectivity index (χ2n) is 17.4. The molecule has 18 nitrogen and oxygen atoms in total. The van der Waals surface area contributed by atoms with Crippen molar-refractivity contribution in [2.45, 2.75) is 111 Å². The Labute approximate surface area is 383 Å². The Morgan fingerprint density at radius 2 is 1.39 bits per heavy atom. The third-order valence-corrected chi connectivity index (χ3v) is 12.1. The number of rotatable bonds is 14. The lowest BCUT2D eigenvalue weighted by atomic mass is 10.0. The van der Waals surface area contributed by atoms with Gasteiger partial charge in [-0.2, -0.15) is 0 Å². The summed E-state index contributed by atoms with van der Waals surface area (Å²) in [5.74, 6) is -0.646. The standard InChI is InChI=1S/C48H57N7O11/c1-24(2)42(49)44(57)51-27(5)43(56)52-31-12-10-30(11-13-31)23-64-48(61)55-36-19-41(39(63-9)17-34(36)46(59)54-22-26(4)15-37(54)47(55)60)66-29(7)28(6)65-40-18-35-33(16-38(40)62-8)45(58)53-21-25(3)14-32(53)20-50-35/h10-13,16-22,24,27-29,32,37,42,47,60H,14-15,23,49H2,1-9H3,(H,51,57)(H,52,56)/t27-,28?,29?,32-,37-,42-,47-/m0/s1. The maximum Gasteiger partial charge on any atom is 0.416 e. The monoisotopic (exact) mass is 907 g/mol. The van der Waals surface area contributed by atoms with Crippen molar-refractivity contribution in [3.63, 3.8) is 0 Å². The van der Waals surface area contributed by atoms with Gasteiger partial charge in [0, 0.05) is 36.4 Å². The molecule has 5 N–H and O–H groups in total. The molecule has 0 radical (unpaired) electrons. The van der Waals surface area contributed by atoms with Crippen molar-refractivity contribution in [2.75, 3.05) is 24.4 Å². The molecule has 7 atom stereocenters. The number of nitrogens with one attached hydrogen (secondary N) is 2. The number of fused-ring (bicyclic) bond motifs is 4. The Kier molecular flexibility index (Phi) is 13.7. The number of carbonyl (C=O) groups excluding carboxylic acids is 5. The molecule has 0 spiro atoms. The van der Waals surface area contributed by atoms with Crippen LogP contribution in [-0.4, -0.2) is 108 Å². The van der Waals surface area contributed by atoms with Gasteiger partial charge in [-0.25, -0.2) is 9.69 Å². The van der Waals surface area contributed by atoms with Crippen molar-refractivity contribution in [2.24, 2.45) is 16.6 Å². The van der Waals surface area contributed by atoms with Crippen molar-refractivity contribution in [1.29, 1.82) is 0 Å². The Bertz CT molecular complexity index is 2500. The molecule has 0 fully saturated rings. The van der Waals surface area contributed by atoms with Crippen molar-refractivity contribution in [1.82, 2.24) is 15.1 Å². The smallest absolute Gasteiger partial charge is 0.416 e. The Balaban J connectivity index is 1.09. The second kappa shape index (κ2) is 19.3. The number of hydrogen-bond acceptors (Lipinski definition) is 13. The summed E-state index contributed by atoms with van der Waals surface area (Å²) >= 11 is 0. The predicted molar refractivity (Wildman–Crippen MR) is 245 cm³/mol. The van der Waals surface area contributed by atoms with Gasteiger partial charge in [-0.15, -0.1) is 0 Å². The van der Waals surface area contributed by atoms with Crippen LogP contribution in [-0.2, 0) is 20.9 Å². The molecule has 0 saturated carbocycles. The molecule has 18 heteroatoms. The third kappa shape index (κ3) is 9.55. The molecular weight excluding hydrogens is 851 g/mol. The summed E-state index contributed by atoms with van der Waals surface area (Å²) in [7, 11) is 2.91. The first kappa shape index (κ1) is 47.1. The van der Waals surface area contributed by atoms with E-state index in [2.05, 4.69) is 15.6 Å². The van der Waals surface area contributed by atoms with E-state index in [-0.39, 0.29) is 47.2 Å². The molecule has 0 aromatic heterocycles. The number of benzene rings is 3. The molecule has 0 bridgehead atoms. The molecule has 4 heterocycles. The van der Waals surface area contributed by atoms with Gasteiger partial charge in [-0.3, -0.25) is 24.2 Å². The van der Waals surface area contributed by atoms with Gasteiger partial charge in [-0.1, -0.05) is 37.1 Å². The van der Waals surface area contributed by atoms with Gasteiger partial charge in [0.05, 0.1) is 54.8 Å². The lowest BCUT2D eigenvalue weighted by Gasteiger charge is -2.32. The molecule has 7 rings (SSSR count). The van der Waals surface area contributed by atoms with E-state index in [0.29, 0.717) is 46.8 Å². The number of nitrogens with zero attached hydrogens (tertiary/aromatic N) is 4. The van der Waals surface area contributed by atoms with E-state index in [1.807, 2.05) is 33.9 Å². The highest BCUT2D eigenvalue weighted by Gasteiger charge is 2.45. The van der Waals surface area contributed by atoms with E-state index in [0.717, 1.165) is 16.0 Å². The predicted octanol–water partition coefficient (Wildman–Crippen LogP) is 5.79. The zero-order chi connectivity index (χ0) is 47.7. The van der Waals surface area contributed by atoms with Crippen LogP contribution in [0, 0.1) is 5.92 Å². The molecule has 4 aliphatic rings. The Morgan fingerprint density at radius 3 is 2.03 bits per heavy atom. The Morgan fingerprint density at radius 1 is 0.803 bits per heavy atom. The molecule has 2 unspecified atom stereocenters. The van der Waals surface area contributed by atoms with Crippen molar-refractivity contribution in [3.05, 3.63) is 88.8 Å². The number of aliphatic hydroxyl groups excluding tert-OH is 1. The SMILES string of the molecule is COc1cc2c(cc1OC(C)C(C)Oc1cc3c(cc1OC)C(=O)N1C=C(C)C[C@H]1[C@H](O)N3C(=O)OCc1ccc(NC(=O)[C@H](C)NC(=O)[C@@H](N)C(C)C)cc1)N=C[C@@H]1CC(C)=CN1C2=O. The summed E-state index contributed by atoms with van der Waals surface area (Å²) < 4.78 is 30.0. The van der Waals surface area contributed by atoms with Crippen molar-refractivity contribution < 1.29 is 52.8 Å². The first-order valence-electron chi connectivity index (χ1n) is 21.8. The van der Waals surface area contributed by atoms with E-state index in [9.17, 15) is 29.1 Å². The fourth-order valence-corrected chi connectivity index (χ4v) is 8.06. The molecule has 5 amide bonds. The number of methoxy groups -OCH3 is 2. The van der Waals surface area contributed by atoms with Crippen LogP contribution in [0.25, 0.3) is 0 Å². The summed E-state index contributed by atoms with van der Waals surface area (Å²) in [6.07, 6.45) is 2.45. The van der Waals surface area contributed by atoms with Gasteiger partial charge in [0.1, 0.15) is 24.9 Å². The van der Waals surface area contributed by atoms with Crippen LogP contribution in [0.1, 0.15) is 87.6 Å². The van der Waals surface area contributed by atoms with Crippen LogP contribution in [0.3, 0.4) is 0 Å². The van der Waals surface area contributed by atoms with Gasteiger partial charge in [0.25, 0.3) is 11.8 Å². The topological polar surface area (TPSA) is 224 Å². The zero-order valence-electron chi connectivity index (χ0n) is 38.5. The van der Waals surface area contributed by atoms with E-state index >= 15 is 0 Å². The quantitative estimate of drug-likeness (QED) is 0.151. The van der Waals surface area contributed by atoms with Crippen LogP contribution in [0.5, 0.6) is 23.0 Å². The average molecular weight is 908 g/mol. The first-order chi connectivity index (χ1) is 31.4. The highest BCUT2D eigenvalue weighted by Crippen LogP contribution is 2.43. The maximum atomic E-state index is 14.2. The van der Waals surface area contributed by atoms with Gasteiger partial charge >= 0.3 is 6.09 Å². The number of nitrogens with two attached hydrogens (primary N) is 1. The molecule has 3 aromatic rings. The molecule has 4 aliphatic heterocycles. The number of aliphatic hydroxyl groups is 1. The van der Waals surface area contributed by atoms with Crippen LogP contribution >= 0.6 is 0 Å². The van der Waals surface area contributed by atoms with Crippen molar-refractivity contribution in [3.8, 4) is 23.0 Å². The minimum atomic E-state index is -1.53. The first-order valence-corrected chi connectivity index (χ1v) is 21.8. The van der Waals surface area contributed by atoms with Gasteiger partial charge in [0.2, 0.25) is 11.8 Å². The van der Waals surface area contributed by atoms with Crippen LogP contribution in [0.2, 0.25) is 0 Å². The summed E-state index contributed by atoms with van der Waals surface area (Å²) in [5.41, 5.74) is 9.73. The van der Waals surface area contributed by atoms with E-state index in [1.165, 1.54) is 31.3 Å². The lowest BCUT2D eigenvalue weighted by Crippen LogP contribution is -2.50. The van der Waals surface area contributed by atoms with E-state index in [1.54, 1.807) is 74.5 Å². The molecular formula is C48H57N7O11. The molecule has 350 valence electrons. The fraction of sp³-hybridized carbons (Fsp3) is 0.417. The summed E-state index contributed by atoms with van der Waals surface area (Å²) in [5, 5.41) is 17.3. The molecule has 3 aromatic carbocycles. The number of aliphatic imine (C=N–C) groups is 1. The molecule has 0 saturated heterocycles. The summed E-state index contributed by atoms with van der Waals surface area (Å²) in [6.45, 7) is 12.3.